The van der Waals surface area contributed by atoms with E-state index in [2.05, 4.69) is 72.0 Å². The van der Waals surface area contributed by atoms with E-state index in [0.717, 1.165) is 30.4 Å². The molecule has 2 aromatic rings. The van der Waals surface area contributed by atoms with Crippen molar-refractivity contribution in [3.05, 3.63) is 53.9 Å². The van der Waals surface area contributed by atoms with E-state index in [0.29, 0.717) is 12.6 Å². The van der Waals surface area contributed by atoms with Crippen molar-refractivity contribution in [3.63, 3.8) is 0 Å². The van der Waals surface area contributed by atoms with Crippen LogP contribution < -0.4 is 10.6 Å². The highest BCUT2D eigenvalue weighted by atomic mass is 15.3. The van der Waals surface area contributed by atoms with Crippen LogP contribution in [0, 0.1) is 5.92 Å². The van der Waals surface area contributed by atoms with Crippen molar-refractivity contribution in [2.24, 2.45) is 10.9 Å². The van der Waals surface area contributed by atoms with Crippen LogP contribution in [-0.2, 0) is 13.1 Å². The molecule has 25 heavy (non-hydrogen) atoms. The molecular weight excluding hydrogens is 310 g/mol. The van der Waals surface area contributed by atoms with Crippen molar-refractivity contribution in [2.75, 3.05) is 7.05 Å². The zero-order valence-electron chi connectivity index (χ0n) is 15.9. The van der Waals surface area contributed by atoms with Crippen molar-refractivity contribution in [2.45, 2.75) is 52.7 Å². The summed E-state index contributed by atoms with van der Waals surface area (Å²) in [6.45, 7) is 8.22. The van der Waals surface area contributed by atoms with Gasteiger partial charge in [0.1, 0.15) is 0 Å². The Morgan fingerprint density at radius 2 is 1.88 bits per heavy atom. The quantitative estimate of drug-likeness (QED) is 0.571. The Labute approximate surface area is 151 Å². The van der Waals surface area contributed by atoms with Crippen LogP contribution in [0.4, 0.5) is 0 Å². The van der Waals surface area contributed by atoms with E-state index in [1.165, 1.54) is 12.0 Å². The average Bonchev–Trinajstić information content (AvgIpc) is 3.05. The molecule has 0 aliphatic rings. The molecule has 0 aliphatic carbocycles. The predicted octanol–water partition coefficient (Wildman–Crippen LogP) is 3.42. The van der Waals surface area contributed by atoms with Crippen LogP contribution in [0.3, 0.4) is 0 Å². The molecule has 0 spiro atoms. The minimum atomic E-state index is 0.411. The third kappa shape index (κ3) is 6.99. The molecule has 0 amide bonds. The Hall–Kier alpha value is -2.30. The van der Waals surface area contributed by atoms with Gasteiger partial charge >= 0.3 is 0 Å². The number of hydrogen-bond acceptors (Lipinski definition) is 2. The molecule has 0 saturated carbocycles. The molecule has 1 aromatic carbocycles. The molecule has 0 fully saturated rings. The maximum Gasteiger partial charge on any atom is 0.191 e. The van der Waals surface area contributed by atoms with Crippen molar-refractivity contribution in [1.82, 2.24) is 20.4 Å². The lowest BCUT2D eigenvalue weighted by molar-refractivity contribution is 0.489. The van der Waals surface area contributed by atoms with E-state index in [4.69, 9.17) is 0 Å². The second kappa shape index (κ2) is 9.87. The summed E-state index contributed by atoms with van der Waals surface area (Å²) in [7, 11) is 1.81. The summed E-state index contributed by atoms with van der Waals surface area (Å²) in [6, 6.07) is 10.8. The van der Waals surface area contributed by atoms with Gasteiger partial charge in [-0.2, -0.15) is 5.10 Å². The average molecular weight is 342 g/mol. The first kappa shape index (κ1) is 19.0. The van der Waals surface area contributed by atoms with Gasteiger partial charge in [-0.15, -0.1) is 0 Å². The fourth-order valence-corrected chi connectivity index (χ4v) is 2.62. The molecule has 136 valence electrons. The monoisotopic (exact) mass is 341 g/mol. The van der Waals surface area contributed by atoms with Crippen molar-refractivity contribution in [1.29, 1.82) is 0 Å². The molecule has 1 aromatic heterocycles. The molecule has 1 unspecified atom stereocenters. The highest BCUT2D eigenvalue weighted by Crippen LogP contribution is 2.06. The van der Waals surface area contributed by atoms with Gasteiger partial charge < -0.3 is 10.6 Å². The number of rotatable bonds is 8. The van der Waals surface area contributed by atoms with Crippen LogP contribution in [0.1, 0.15) is 44.7 Å². The molecule has 0 saturated heterocycles. The second-order valence-corrected chi connectivity index (χ2v) is 6.97. The van der Waals surface area contributed by atoms with Crippen LogP contribution in [0.2, 0.25) is 0 Å². The number of aromatic nitrogens is 2. The third-order valence-electron chi connectivity index (χ3n) is 4.12. The first-order valence-electron chi connectivity index (χ1n) is 9.09. The molecule has 1 heterocycles. The van der Waals surface area contributed by atoms with Gasteiger partial charge in [-0.1, -0.05) is 44.2 Å². The minimum absolute atomic E-state index is 0.411. The normalized spacial score (nSPS) is 13.1. The van der Waals surface area contributed by atoms with Gasteiger partial charge in [-0.25, -0.2) is 0 Å². The third-order valence-corrected chi connectivity index (χ3v) is 4.12. The number of nitrogens with zero attached hydrogens (tertiary/aromatic N) is 3. The van der Waals surface area contributed by atoms with Crippen molar-refractivity contribution in [3.8, 4) is 0 Å². The molecule has 2 N–H and O–H groups in total. The summed E-state index contributed by atoms with van der Waals surface area (Å²) in [4.78, 5) is 4.31. The number of aliphatic imine (C=N–C) groups is 1. The largest absolute Gasteiger partial charge is 0.354 e. The van der Waals surface area contributed by atoms with E-state index in [-0.39, 0.29) is 0 Å². The predicted molar refractivity (Wildman–Crippen MR) is 105 cm³/mol. The first-order chi connectivity index (χ1) is 12.1. The maximum atomic E-state index is 4.44. The van der Waals surface area contributed by atoms with E-state index >= 15 is 0 Å². The maximum absolute atomic E-state index is 4.44. The van der Waals surface area contributed by atoms with Gasteiger partial charge in [0.15, 0.2) is 5.96 Å². The van der Waals surface area contributed by atoms with Crippen LogP contribution >= 0.6 is 0 Å². The summed E-state index contributed by atoms with van der Waals surface area (Å²) in [5.74, 6) is 1.57. The fourth-order valence-electron chi connectivity index (χ4n) is 2.62. The summed E-state index contributed by atoms with van der Waals surface area (Å²) in [6.07, 6.45) is 6.35. The lowest BCUT2D eigenvalue weighted by atomic mass is 10.0. The van der Waals surface area contributed by atoms with Gasteiger partial charge in [0.25, 0.3) is 0 Å². The summed E-state index contributed by atoms with van der Waals surface area (Å²) in [5.41, 5.74) is 2.40. The van der Waals surface area contributed by atoms with Gasteiger partial charge in [0, 0.05) is 31.4 Å². The number of nitrogens with one attached hydrogen (secondary N) is 2. The summed E-state index contributed by atoms with van der Waals surface area (Å²) in [5, 5.41) is 11.3. The zero-order chi connectivity index (χ0) is 18.1. The van der Waals surface area contributed by atoms with Gasteiger partial charge in [-0.05, 0) is 31.2 Å². The number of benzene rings is 1. The second-order valence-electron chi connectivity index (χ2n) is 6.97. The highest BCUT2D eigenvalue weighted by molar-refractivity contribution is 5.79. The molecular formula is C20H31N5. The fraction of sp³-hybridized carbons (Fsp3) is 0.500. The first-order valence-corrected chi connectivity index (χ1v) is 9.09. The Morgan fingerprint density at radius 1 is 1.12 bits per heavy atom. The molecule has 1 atom stereocenters. The SMILES string of the molecule is CN=C(NCc1cnn(Cc2ccccc2)c1)NC(C)CCC(C)C. The van der Waals surface area contributed by atoms with Crippen LogP contribution in [-0.4, -0.2) is 28.8 Å². The molecule has 2 rings (SSSR count). The Morgan fingerprint density at radius 3 is 2.56 bits per heavy atom. The minimum Gasteiger partial charge on any atom is -0.354 e. The zero-order valence-corrected chi connectivity index (χ0v) is 15.9. The standard InChI is InChI=1S/C20H31N5/c1-16(2)10-11-17(3)24-20(21-4)22-12-19-13-23-25(15-19)14-18-8-6-5-7-9-18/h5-9,13,15-17H,10-12,14H2,1-4H3,(H2,21,22,24). The van der Waals surface area contributed by atoms with Gasteiger partial charge in [-0.3, -0.25) is 9.67 Å². The van der Waals surface area contributed by atoms with E-state index in [1.807, 2.05) is 24.0 Å². The van der Waals surface area contributed by atoms with E-state index < -0.39 is 0 Å². The van der Waals surface area contributed by atoms with E-state index in [9.17, 15) is 0 Å². The lowest BCUT2D eigenvalue weighted by Gasteiger charge is -2.18. The van der Waals surface area contributed by atoms with Crippen LogP contribution in [0.15, 0.2) is 47.7 Å². The topological polar surface area (TPSA) is 54.2 Å². The number of guanidine groups is 1. The molecule has 0 radical (unpaired) electrons. The Kier molecular flexibility index (Phi) is 7.51. The number of hydrogen-bond donors (Lipinski definition) is 2. The highest BCUT2D eigenvalue weighted by Gasteiger charge is 2.07. The molecule has 0 bridgehead atoms. The summed E-state index contributed by atoms with van der Waals surface area (Å²) >= 11 is 0. The van der Waals surface area contributed by atoms with Gasteiger partial charge in [0.2, 0.25) is 0 Å². The Bertz CT molecular complexity index is 645. The molecule has 5 nitrogen and oxygen atoms in total. The van der Waals surface area contributed by atoms with E-state index in [1.54, 1.807) is 0 Å². The van der Waals surface area contributed by atoms with Crippen LogP contribution in [0.5, 0.6) is 0 Å². The van der Waals surface area contributed by atoms with Crippen LogP contribution in [0.25, 0.3) is 0 Å². The van der Waals surface area contributed by atoms with Crippen molar-refractivity contribution >= 4 is 5.96 Å². The molecule has 0 aliphatic heterocycles. The Balaban J connectivity index is 1.79. The molecule has 5 heteroatoms. The summed E-state index contributed by atoms with van der Waals surface area (Å²) < 4.78 is 1.97. The van der Waals surface area contributed by atoms with Crippen molar-refractivity contribution < 1.29 is 0 Å². The smallest absolute Gasteiger partial charge is 0.191 e. The van der Waals surface area contributed by atoms with Gasteiger partial charge in [0.05, 0.1) is 12.7 Å². The lowest BCUT2D eigenvalue weighted by Crippen LogP contribution is -2.41.